The molecule has 1 aromatic carbocycles. The van der Waals surface area contributed by atoms with Crippen LogP contribution in [0.2, 0.25) is 25.7 Å². The molecule has 2 aromatic rings. The van der Waals surface area contributed by atoms with Gasteiger partial charge in [-0.15, -0.1) is 0 Å². The number of nitrogens with zero attached hydrogens (tertiary/aromatic N) is 1. The fourth-order valence-electron chi connectivity index (χ4n) is 2.18. The largest absolute Gasteiger partial charge is 0.474 e. The smallest absolute Gasteiger partial charge is 0.220 e. The molecule has 1 atom stereocenters. The van der Waals surface area contributed by atoms with Gasteiger partial charge in [-0.1, -0.05) is 55.1 Å². The van der Waals surface area contributed by atoms with Crippen LogP contribution in [-0.2, 0) is 16.1 Å². The fourth-order valence-corrected chi connectivity index (χ4v) is 3.42. The average Bonchev–Trinajstić information content (AvgIpc) is 3.00. The van der Waals surface area contributed by atoms with Crippen LogP contribution >= 0.6 is 35.6 Å². The maximum Gasteiger partial charge on any atom is 0.220 e. The van der Waals surface area contributed by atoms with Crippen LogP contribution in [0, 0.1) is 0 Å². The third-order valence-corrected chi connectivity index (χ3v) is 6.75. The normalized spacial score (nSPS) is 13.2. The molecule has 0 aliphatic rings. The molecule has 0 fully saturated rings. The van der Waals surface area contributed by atoms with Crippen LogP contribution in [0.15, 0.2) is 18.3 Å². The summed E-state index contributed by atoms with van der Waals surface area (Å²) in [5, 5.41) is 8.15. The zero-order chi connectivity index (χ0) is 17.7. The Balaban J connectivity index is 2.12. The lowest BCUT2D eigenvalue weighted by atomic mass is 10.1. The van der Waals surface area contributed by atoms with E-state index in [0.717, 1.165) is 28.1 Å². The van der Waals surface area contributed by atoms with Crippen molar-refractivity contribution in [2.24, 2.45) is 0 Å². The van der Waals surface area contributed by atoms with Gasteiger partial charge in [0.1, 0.15) is 6.61 Å². The number of benzene rings is 1. The fraction of sp³-hybridized carbons (Fsp3) is 0.500. The van der Waals surface area contributed by atoms with Crippen molar-refractivity contribution in [3.63, 3.8) is 0 Å². The maximum atomic E-state index is 6.46. The first kappa shape index (κ1) is 19.7. The second-order valence-corrected chi connectivity index (χ2v) is 14.1. The monoisotopic (exact) mass is 402 g/mol. The van der Waals surface area contributed by atoms with Crippen molar-refractivity contribution >= 4 is 58.9 Å². The summed E-state index contributed by atoms with van der Waals surface area (Å²) in [5.41, 5.74) is 2.31. The summed E-state index contributed by atoms with van der Waals surface area (Å²) in [5.74, 6) is 0. The van der Waals surface area contributed by atoms with Gasteiger partial charge in [0.2, 0.25) is 4.38 Å². The Bertz CT molecular complexity index is 703. The molecule has 1 unspecified atom stereocenters. The Labute approximate surface area is 158 Å². The van der Waals surface area contributed by atoms with Crippen LogP contribution in [0.3, 0.4) is 0 Å². The third kappa shape index (κ3) is 5.45. The number of aromatic nitrogens is 2. The van der Waals surface area contributed by atoms with Crippen LogP contribution in [0.5, 0.6) is 0 Å². The van der Waals surface area contributed by atoms with Crippen molar-refractivity contribution in [3.8, 4) is 0 Å². The minimum absolute atomic E-state index is 0.416. The van der Waals surface area contributed by atoms with Crippen LogP contribution in [0.4, 0.5) is 0 Å². The maximum absolute atomic E-state index is 6.46. The molecule has 1 N–H and O–H groups in total. The number of nitrogens with one attached hydrogen (secondary N) is 1. The Morgan fingerprint density at radius 3 is 2.83 bits per heavy atom. The molecule has 4 nitrogen and oxygen atoms in total. The Morgan fingerprint density at radius 2 is 2.17 bits per heavy atom. The molecule has 1 aromatic heterocycles. The third-order valence-electron chi connectivity index (χ3n) is 3.61. The molecular formula is C16H23ClN2O2S2Si. The van der Waals surface area contributed by atoms with Gasteiger partial charge in [-0.05, 0) is 24.5 Å². The molecule has 0 amide bonds. The van der Waals surface area contributed by atoms with E-state index in [2.05, 4.69) is 29.8 Å². The molecule has 0 spiro atoms. The van der Waals surface area contributed by atoms with Crippen molar-refractivity contribution in [3.05, 3.63) is 29.5 Å². The first-order chi connectivity index (χ1) is 11.3. The van der Waals surface area contributed by atoms with E-state index in [1.165, 1.54) is 11.8 Å². The second kappa shape index (κ2) is 8.67. The second-order valence-electron chi connectivity index (χ2n) is 6.71. The zero-order valence-corrected chi connectivity index (χ0v) is 17.8. The molecule has 0 radical (unpaired) electrons. The molecule has 0 saturated carbocycles. The van der Waals surface area contributed by atoms with Crippen molar-refractivity contribution in [2.75, 3.05) is 12.9 Å². The summed E-state index contributed by atoms with van der Waals surface area (Å²) in [4.78, 5) is 0. The van der Waals surface area contributed by atoms with Gasteiger partial charge in [-0.2, -0.15) is 5.10 Å². The SMILES string of the molecule is CSC(=S)OCc1ccc(C(Cl)OCC[Si](C)(C)C)c2[nH]ncc12. The summed E-state index contributed by atoms with van der Waals surface area (Å²) in [6, 6.07) is 5.04. The van der Waals surface area contributed by atoms with Gasteiger partial charge >= 0.3 is 0 Å². The quantitative estimate of drug-likeness (QED) is 0.385. The molecule has 132 valence electrons. The first-order valence-electron chi connectivity index (χ1n) is 7.73. The zero-order valence-electron chi connectivity index (χ0n) is 14.4. The van der Waals surface area contributed by atoms with Crippen molar-refractivity contribution in [1.82, 2.24) is 10.2 Å². The molecule has 2 rings (SSSR count). The van der Waals surface area contributed by atoms with E-state index < -0.39 is 13.6 Å². The van der Waals surface area contributed by atoms with E-state index in [4.69, 9.17) is 33.3 Å². The molecule has 24 heavy (non-hydrogen) atoms. The summed E-state index contributed by atoms with van der Waals surface area (Å²) in [7, 11) is -1.13. The highest BCUT2D eigenvalue weighted by Crippen LogP contribution is 2.31. The highest BCUT2D eigenvalue weighted by atomic mass is 35.5. The Kier molecular flexibility index (Phi) is 7.12. The van der Waals surface area contributed by atoms with Crippen molar-refractivity contribution in [1.29, 1.82) is 0 Å². The number of thiocarbonyl (C=S) groups is 1. The lowest BCUT2D eigenvalue weighted by molar-refractivity contribution is 0.121. The Morgan fingerprint density at radius 1 is 1.42 bits per heavy atom. The number of ether oxygens (including phenoxy) is 2. The summed E-state index contributed by atoms with van der Waals surface area (Å²) < 4.78 is 11.9. The summed E-state index contributed by atoms with van der Waals surface area (Å²) >= 11 is 13.0. The minimum Gasteiger partial charge on any atom is -0.474 e. The lowest BCUT2D eigenvalue weighted by Crippen LogP contribution is -2.21. The molecular weight excluding hydrogens is 380 g/mol. The van der Waals surface area contributed by atoms with Gasteiger partial charge in [0.05, 0.1) is 11.7 Å². The lowest BCUT2D eigenvalue weighted by Gasteiger charge is -2.18. The van der Waals surface area contributed by atoms with E-state index in [0.29, 0.717) is 17.6 Å². The average molecular weight is 403 g/mol. The first-order valence-corrected chi connectivity index (χ1v) is 13.5. The molecule has 1 heterocycles. The molecule has 0 saturated heterocycles. The van der Waals surface area contributed by atoms with E-state index in [1.807, 2.05) is 18.4 Å². The minimum atomic E-state index is -1.13. The number of thioether (sulfide) groups is 1. The number of rotatable bonds is 7. The number of alkyl halides is 1. The standard InChI is InChI=1S/C16H23ClN2O2S2Si/c1-23-16(22)21-10-11-5-6-12(14-13(11)9-18-19-14)15(17)20-7-8-24(2,3)4/h5-6,9,15H,7-8,10H2,1-4H3,(H,18,19). The van der Waals surface area contributed by atoms with Crippen molar-refractivity contribution in [2.45, 2.75) is 37.9 Å². The predicted octanol–water partition coefficient (Wildman–Crippen LogP) is 5.32. The van der Waals surface area contributed by atoms with Gasteiger partial charge in [0, 0.05) is 31.2 Å². The van der Waals surface area contributed by atoms with E-state index in [-0.39, 0.29) is 0 Å². The molecule has 8 heteroatoms. The van der Waals surface area contributed by atoms with Gasteiger partial charge in [0.25, 0.3) is 0 Å². The number of hydrogen-bond acceptors (Lipinski definition) is 5. The number of fused-ring (bicyclic) bond motifs is 1. The van der Waals surface area contributed by atoms with E-state index in [9.17, 15) is 0 Å². The topological polar surface area (TPSA) is 47.1 Å². The van der Waals surface area contributed by atoms with Gasteiger partial charge < -0.3 is 9.47 Å². The molecule has 0 aliphatic heterocycles. The van der Waals surface area contributed by atoms with Crippen molar-refractivity contribution < 1.29 is 9.47 Å². The van der Waals surface area contributed by atoms with Crippen LogP contribution in [-0.4, -0.2) is 35.5 Å². The number of halogens is 1. The van der Waals surface area contributed by atoms with Crippen LogP contribution in [0.25, 0.3) is 10.9 Å². The Hall–Kier alpha value is -0.603. The highest BCUT2D eigenvalue weighted by Gasteiger charge is 2.18. The van der Waals surface area contributed by atoms with Gasteiger partial charge in [-0.3, -0.25) is 5.10 Å². The van der Waals surface area contributed by atoms with Crippen LogP contribution < -0.4 is 0 Å². The number of aromatic amines is 1. The molecule has 0 bridgehead atoms. The highest BCUT2D eigenvalue weighted by molar-refractivity contribution is 8.22. The van der Waals surface area contributed by atoms with E-state index >= 15 is 0 Å². The van der Waals surface area contributed by atoms with Crippen LogP contribution in [0.1, 0.15) is 16.7 Å². The number of hydrogen-bond donors (Lipinski definition) is 1. The molecule has 0 aliphatic carbocycles. The number of H-pyrrole nitrogens is 1. The summed E-state index contributed by atoms with van der Waals surface area (Å²) in [6.45, 7) is 8.05. The van der Waals surface area contributed by atoms with Gasteiger partial charge in [0.15, 0.2) is 5.56 Å². The van der Waals surface area contributed by atoms with Gasteiger partial charge in [-0.25, -0.2) is 0 Å². The summed E-state index contributed by atoms with van der Waals surface area (Å²) in [6.07, 6.45) is 3.68. The predicted molar refractivity (Wildman–Crippen MR) is 110 cm³/mol. The van der Waals surface area contributed by atoms with E-state index in [1.54, 1.807) is 6.20 Å².